The molecule has 2 atom stereocenters. The minimum absolute atomic E-state index is 0.0537. The van der Waals surface area contributed by atoms with Gasteiger partial charge in [0.05, 0.1) is 46.7 Å². The van der Waals surface area contributed by atoms with Crippen LogP contribution in [-0.4, -0.2) is 60.1 Å². The first kappa shape index (κ1) is 23.3. The Kier molecular flexibility index (Phi) is 6.18. The third-order valence-electron chi connectivity index (χ3n) is 6.56. The maximum absolute atomic E-state index is 13.3. The number of benzene rings is 1. The van der Waals surface area contributed by atoms with Crippen molar-refractivity contribution in [3.8, 4) is 11.1 Å². The van der Waals surface area contributed by atoms with E-state index >= 15 is 0 Å². The van der Waals surface area contributed by atoms with E-state index < -0.39 is 11.4 Å². The Morgan fingerprint density at radius 3 is 2.71 bits per heavy atom. The fraction of sp³-hybridized carbons (Fsp3) is 0.280. The van der Waals surface area contributed by atoms with Crippen LogP contribution >= 0.6 is 0 Å². The highest BCUT2D eigenvalue weighted by atomic mass is 32.2. The molecule has 0 aliphatic carbocycles. The molecule has 0 amide bonds. The molecule has 0 saturated carbocycles. The zero-order chi connectivity index (χ0) is 24.7. The van der Waals surface area contributed by atoms with Crippen LogP contribution in [0.1, 0.15) is 18.2 Å². The highest BCUT2D eigenvalue weighted by Crippen LogP contribution is 2.32. The van der Waals surface area contributed by atoms with Crippen molar-refractivity contribution in [2.45, 2.75) is 12.5 Å². The standard InChI is InChI=1S/C25H27N7O2S/c1-27-10-8-20(26)22-7-5-17(13-28-22)16-4-6-21-19(12-16)24-23(14-29-21)30(2)25(33)32(24)18-9-11-31(15-18)35(3)34/h4-8,10,12-14,18,26-27H,9,11,15H2,1-3H3/b10-8-,26-20?. The Morgan fingerprint density at radius 1 is 1.23 bits per heavy atom. The number of pyridine rings is 2. The molecule has 180 valence electrons. The van der Waals surface area contributed by atoms with E-state index in [1.165, 1.54) is 0 Å². The first-order chi connectivity index (χ1) is 16.9. The maximum Gasteiger partial charge on any atom is 0.329 e. The highest BCUT2D eigenvalue weighted by molar-refractivity contribution is 7.88. The Balaban J connectivity index is 1.61. The van der Waals surface area contributed by atoms with Gasteiger partial charge >= 0.3 is 5.69 Å². The molecule has 1 saturated heterocycles. The van der Waals surface area contributed by atoms with Crippen molar-refractivity contribution in [2.24, 2.45) is 7.05 Å². The van der Waals surface area contributed by atoms with Crippen molar-refractivity contribution in [1.82, 2.24) is 28.7 Å². The summed E-state index contributed by atoms with van der Waals surface area (Å²) in [6.45, 7) is 1.27. The molecule has 1 aromatic carbocycles. The van der Waals surface area contributed by atoms with E-state index in [2.05, 4.69) is 15.3 Å². The van der Waals surface area contributed by atoms with Crippen LogP contribution in [0.4, 0.5) is 0 Å². The summed E-state index contributed by atoms with van der Waals surface area (Å²) < 4.78 is 17.4. The zero-order valence-electron chi connectivity index (χ0n) is 19.9. The van der Waals surface area contributed by atoms with Gasteiger partial charge < -0.3 is 9.87 Å². The van der Waals surface area contributed by atoms with Crippen molar-refractivity contribution < 1.29 is 4.55 Å². The Labute approximate surface area is 205 Å². The van der Waals surface area contributed by atoms with E-state index in [-0.39, 0.29) is 11.7 Å². The molecule has 1 fully saturated rings. The third-order valence-corrected chi connectivity index (χ3v) is 7.62. The van der Waals surface area contributed by atoms with E-state index in [1.807, 2.05) is 39.2 Å². The van der Waals surface area contributed by atoms with Crippen LogP contribution in [0, 0.1) is 5.41 Å². The summed E-state index contributed by atoms with van der Waals surface area (Å²) in [4.78, 5) is 22.4. The summed E-state index contributed by atoms with van der Waals surface area (Å²) in [5.74, 6) is 0. The minimum Gasteiger partial charge on any atom is -0.598 e. The molecule has 2 N–H and O–H groups in total. The number of nitrogens with one attached hydrogen (secondary N) is 2. The largest absolute Gasteiger partial charge is 0.598 e. The smallest absolute Gasteiger partial charge is 0.329 e. The number of imidazole rings is 1. The summed E-state index contributed by atoms with van der Waals surface area (Å²) in [7, 11) is 3.55. The number of rotatable bonds is 6. The lowest BCUT2D eigenvalue weighted by molar-refractivity contribution is 0.454. The minimum atomic E-state index is -1.06. The molecule has 1 aliphatic rings. The average molecular weight is 490 g/mol. The first-order valence-electron chi connectivity index (χ1n) is 11.4. The van der Waals surface area contributed by atoms with Gasteiger partial charge in [-0.1, -0.05) is 12.1 Å². The molecule has 3 aromatic heterocycles. The predicted molar refractivity (Wildman–Crippen MR) is 140 cm³/mol. The fourth-order valence-electron chi connectivity index (χ4n) is 4.68. The van der Waals surface area contributed by atoms with Crippen LogP contribution < -0.4 is 11.0 Å². The molecule has 2 unspecified atom stereocenters. The average Bonchev–Trinajstić information content (AvgIpc) is 3.46. The molecule has 4 heterocycles. The van der Waals surface area contributed by atoms with Crippen LogP contribution in [0.5, 0.6) is 0 Å². The molecular formula is C25H27N7O2S. The quantitative estimate of drug-likeness (QED) is 0.318. The molecule has 0 spiro atoms. The SMILES string of the molecule is CN/C=C\C(=N)c1ccc(-c2ccc3ncc4c(c3c2)n(C2CCN([S+](C)[O-])C2)c(=O)n4C)cn1. The van der Waals surface area contributed by atoms with E-state index in [0.717, 1.165) is 39.5 Å². The number of fused-ring (bicyclic) bond motifs is 3. The lowest BCUT2D eigenvalue weighted by Gasteiger charge is -2.17. The first-order valence-corrected chi connectivity index (χ1v) is 12.9. The van der Waals surface area contributed by atoms with Crippen molar-refractivity contribution in [2.75, 3.05) is 26.4 Å². The summed E-state index contributed by atoms with van der Waals surface area (Å²) in [5.41, 5.74) is 5.11. The van der Waals surface area contributed by atoms with Crippen molar-refractivity contribution in [3.63, 3.8) is 0 Å². The number of allylic oxidation sites excluding steroid dienone is 1. The number of nitrogens with zero attached hydrogens (tertiary/aromatic N) is 5. The van der Waals surface area contributed by atoms with Crippen LogP contribution in [-0.2, 0) is 18.4 Å². The lowest BCUT2D eigenvalue weighted by Crippen LogP contribution is -2.31. The van der Waals surface area contributed by atoms with Gasteiger partial charge in [0.25, 0.3) is 0 Å². The summed E-state index contributed by atoms with van der Waals surface area (Å²) in [5, 5.41) is 11.9. The van der Waals surface area contributed by atoms with E-state index in [9.17, 15) is 9.35 Å². The van der Waals surface area contributed by atoms with Crippen molar-refractivity contribution in [1.29, 1.82) is 5.41 Å². The third kappa shape index (κ3) is 4.13. The monoisotopic (exact) mass is 489 g/mol. The second-order valence-corrected chi connectivity index (χ2v) is 10.0. The van der Waals surface area contributed by atoms with Gasteiger partial charge in [-0.15, -0.1) is 4.31 Å². The molecule has 4 aromatic rings. The van der Waals surface area contributed by atoms with Gasteiger partial charge in [-0.05, 0) is 42.5 Å². The maximum atomic E-state index is 13.3. The zero-order valence-corrected chi connectivity index (χ0v) is 20.7. The summed E-state index contributed by atoms with van der Waals surface area (Å²) in [6.07, 6.45) is 9.31. The van der Waals surface area contributed by atoms with Crippen LogP contribution in [0.3, 0.4) is 0 Å². The molecule has 0 radical (unpaired) electrons. The van der Waals surface area contributed by atoms with Crippen LogP contribution in [0.15, 0.2) is 59.8 Å². The molecule has 35 heavy (non-hydrogen) atoms. The van der Waals surface area contributed by atoms with E-state index in [1.54, 1.807) is 49.6 Å². The van der Waals surface area contributed by atoms with Gasteiger partial charge in [-0.25, -0.2) is 4.79 Å². The van der Waals surface area contributed by atoms with Crippen LogP contribution in [0.25, 0.3) is 33.1 Å². The Hall–Kier alpha value is -3.47. The van der Waals surface area contributed by atoms with Gasteiger partial charge in [0.1, 0.15) is 6.26 Å². The Morgan fingerprint density at radius 2 is 2.03 bits per heavy atom. The van der Waals surface area contributed by atoms with Crippen molar-refractivity contribution in [3.05, 3.63) is 71.2 Å². The highest BCUT2D eigenvalue weighted by Gasteiger charge is 2.32. The summed E-state index contributed by atoms with van der Waals surface area (Å²) >= 11 is -1.06. The second kappa shape index (κ2) is 9.29. The number of hydrogen-bond donors (Lipinski definition) is 2. The second-order valence-electron chi connectivity index (χ2n) is 8.66. The molecule has 5 rings (SSSR count). The molecular weight excluding hydrogens is 462 g/mol. The van der Waals surface area contributed by atoms with Gasteiger partial charge in [0.2, 0.25) is 0 Å². The summed E-state index contributed by atoms with van der Waals surface area (Å²) in [6, 6.07) is 9.72. The van der Waals surface area contributed by atoms with Gasteiger partial charge in [-0.3, -0.25) is 24.5 Å². The lowest BCUT2D eigenvalue weighted by atomic mass is 10.0. The van der Waals surface area contributed by atoms with Gasteiger partial charge in [0, 0.05) is 49.1 Å². The predicted octanol–water partition coefficient (Wildman–Crippen LogP) is 2.59. The molecule has 10 heteroatoms. The molecule has 9 nitrogen and oxygen atoms in total. The molecule has 1 aliphatic heterocycles. The fourth-order valence-corrected chi connectivity index (χ4v) is 5.42. The van der Waals surface area contributed by atoms with Crippen LogP contribution in [0.2, 0.25) is 0 Å². The Bertz CT molecular complexity index is 1500. The van der Waals surface area contributed by atoms with E-state index in [4.69, 9.17) is 5.41 Å². The number of hydrogen-bond acceptors (Lipinski definition) is 7. The van der Waals surface area contributed by atoms with Gasteiger partial charge in [0.15, 0.2) is 0 Å². The number of aryl methyl sites for hydroxylation is 1. The topological polar surface area (TPSA) is 115 Å². The van der Waals surface area contributed by atoms with Gasteiger partial charge in [-0.2, -0.15) is 0 Å². The normalized spacial score (nSPS) is 17.5. The molecule has 0 bridgehead atoms. The number of aromatic nitrogens is 4. The van der Waals surface area contributed by atoms with E-state index in [0.29, 0.717) is 24.5 Å². The van der Waals surface area contributed by atoms with Crippen molar-refractivity contribution >= 4 is 39.0 Å².